The third-order valence-corrected chi connectivity index (χ3v) is 4.12. The molecule has 0 saturated carbocycles. The number of carbonyl (C=O) groups excluding carboxylic acids is 2. The minimum absolute atomic E-state index is 0.0734. The molecule has 9 heteroatoms. The van der Waals surface area contributed by atoms with Crippen molar-refractivity contribution in [1.29, 1.82) is 0 Å². The van der Waals surface area contributed by atoms with Crippen molar-refractivity contribution >= 4 is 18.0 Å². The molecule has 1 aliphatic heterocycles. The van der Waals surface area contributed by atoms with Gasteiger partial charge in [0.2, 0.25) is 0 Å². The molecule has 0 atom stereocenters. The van der Waals surface area contributed by atoms with Gasteiger partial charge in [-0.3, -0.25) is 9.59 Å². The first-order chi connectivity index (χ1) is 13.7. The smallest absolute Gasteiger partial charge is 0.287 e. The average molecular weight is 386 g/mol. The van der Waals surface area contributed by atoms with E-state index in [1.54, 1.807) is 41.4 Å². The Labute approximate surface area is 162 Å². The van der Waals surface area contributed by atoms with E-state index in [9.17, 15) is 9.59 Å². The van der Waals surface area contributed by atoms with Crippen molar-refractivity contribution in [3.8, 4) is 11.5 Å². The first-order valence-electron chi connectivity index (χ1n) is 8.80. The number of benzene rings is 1. The van der Waals surface area contributed by atoms with E-state index >= 15 is 0 Å². The van der Waals surface area contributed by atoms with E-state index in [0.29, 0.717) is 49.1 Å². The number of hydrazone groups is 1. The van der Waals surface area contributed by atoms with Gasteiger partial charge in [0.1, 0.15) is 5.69 Å². The quantitative estimate of drug-likeness (QED) is 0.546. The van der Waals surface area contributed by atoms with Gasteiger partial charge in [0.25, 0.3) is 11.8 Å². The Morgan fingerprint density at radius 2 is 2.11 bits per heavy atom. The van der Waals surface area contributed by atoms with Crippen LogP contribution in [0.4, 0.5) is 0 Å². The second kappa shape index (κ2) is 9.56. The number of hydrogen-bond acceptors (Lipinski definition) is 6. The maximum absolute atomic E-state index is 12.2. The van der Waals surface area contributed by atoms with Gasteiger partial charge in [-0.2, -0.15) is 5.10 Å². The number of H-pyrrole nitrogens is 1. The standard InChI is InChI=1S/C19H22N4O5/c1-26-17-11-14(12-21-22-19(25)15-3-2-6-20-15)4-5-16(17)28-13-18(24)23-7-9-27-10-8-23/h2-6,11-12,20H,7-10,13H2,1H3,(H,22,25)/b21-12-. The van der Waals surface area contributed by atoms with Crippen LogP contribution < -0.4 is 14.9 Å². The second-order valence-electron chi connectivity index (χ2n) is 5.98. The van der Waals surface area contributed by atoms with Gasteiger partial charge in [0.05, 0.1) is 26.5 Å². The Kier molecular flexibility index (Phi) is 6.64. The van der Waals surface area contributed by atoms with E-state index in [0.717, 1.165) is 0 Å². The lowest BCUT2D eigenvalue weighted by molar-refractivity contribution is -0.137. The number of methoxy groups -OCH3 is 1. The fourth-order valence-corrected chi connectivity index (χ4v) is 2.62. The van der Waals surface area contributed by atoms with Crippen molar-refractivity contribution in [3.63, 3.8) is 0 Å². The van der Waals surface area contributed by atoms with Gasteiger partial charge in [0, 0.05) is 19.3 Å². The van der Waals surface area contributed by atoms with Crippen molar-refractivity contribution in [3.05, 3.63) is 47.8 Å². The highest BCUT2D eigenvalue weighted by atomic mass is 16.5. The molecule has 0 bridgehead atoms. The monoisotopic (exact) mass is 386 g/mol. The van der Waals surface area contributed by atoms with Gasteiger partial charge in [-0.1, -0.05) is 0 Å². The third-order valence-electron chi connectivity index (χ3n) is 4.12. The summed E-state index contributed by atoms with van der Waals surface area (Å²) in [6, 6.07) is 8.53. The predicted molar refractivity (Wildman–Crippen MR) is 102 cm³/mol. The van der Waals surface area contributed by atoms with Crippen molar-refractivity contribution in [2.75, 3.05) is 40.0 Å². The lowest BCUT2D eigenvalue weighted by atomic mass is 10.2. The van der Waals surface area contributed by atoms with Crippen molar-refractivity contribution in [2.45, 2.75) is 0 Å². The number of rotatable bonds is 7. The first kappa shape index (κ1) is 19.4. The van der Waals surface area contributed by atoms with Crippen LogP contribution in [0.2, 0.25) is 0 Å². The van der Waals surface area contributed by atoms with Crippen molar-refractivity contribution in [2.24, 2.45) is 5.10 Å². The van der Waals surface area contributed by atoms with E-state index in [1.807, 2.05) is 0 Å². The van der Waals surface area contributed by atoms with Crippen LogP contribution >= 0.6 is 0 Å². The summed E-state index contributed by atoms with van der Waals surface area (Å²) in [6.45, 7) is 2.16. The normalized spacial score (nSPS) is 14.1. The molecule has 0 spiro atoms. The molecule has 1 aromatic carbocycles. The molecule has 1 aromatic heterocycles. The number of morpholine rings is 1. The summed E-state index contributed by atoms with van der Waals surface area (Å²) in [5.74, 6) is 0.490. The highest BCUT2D eigenvalue weighted by molar-refractivity contribution is 5.93. The Morgan fingerprint density at radius 1 is 1.29 bits per heavy atom. The van der Waals surface area contributed by atoms with Gasteiger partial charge in [-0.25, -0.2) is 5.43 Å². The van der Waals surface area contributed by atoms with Crippen molar-refractivity contribution in [1.82, 2.24) is 15.3 Å². The largest absolute Gasteiger partial charge is 0.493 e. The number of nitrogens with zero attached hydrogens (tertiary/aromatic N) is 2. The molecule has 3 rings (SSSR count). The SMILES string of the molecule is COc1cc(/C=N\NC(=O)c2ccc[nH]2)ccc1OCC(=O)N1CCOCC1. The molecule has 28 heavy (non-hydrogen) atoms. The van der Waals surface area contributed by atoms with Crippen LogP contribution in [0.3, 0.4) is 0 Å². The lowest BCUT2D eigenvalue weighted by Gasteiger charge is -2.26. The van der Waals surface area contributed by atoms with Crippen LogP contribution in [0.15, 0.2) is 41.6 Å². The highest BCUT2D eigenvalue weighted by Gasteiger charge is 2.18. The number of ether oxygens (including phenoxy) is 3. The zero-order valence-electron chi connectivity index (χ0n) is 15.5. The number of hydrogen-bond donors (Lipinski definition) is 2. The van der Waals surface area contributed by atoms with Crippen LogP contribution in [0.5, 0.6) is 11.5 Å². The Bertz CT molecular complexity index is 829. The van der Waals surface area contributed by atoms with E-state index < -0.39 is 0 Å². The molecule has 1 fully saturated rings. The Morgan fingerprint density at radius 3 is 2.82 bits per heavy atom. The molecule has 2 heterocycles. The fourth-order valence-electron chi connectivity index (χ4n) is 2.62. The molecule has 2 aromatic rings. The summed E-state index contributed by atoms with van der Waals surface area (Å²) in [7, 11) is 1.51. The van der Waals surface area contributed by atoms with E-state index in [1.165, 1.54) is 13.3 Å². The summed E-state index contributed by atoms with van der Waals surface area (Å²) in [5, 5.41) is 3.92. The predicted octanol–water partition coefficient (Wildman–Crippen LogP) is 1.02. The van der Waals surface area contributed by atoms with Gasteiger partial charge in [0.15, 0.2) is 18.1 Å². The van der Waals surface area contributed by atoms with E-state index in [2.05, 4.69) is 15.5 Å². The molecule has 2 amide bonds. The number of nitrogens with one attached hydrogen (secondary N) is 2. The number of carbonyl (C=O) groups is 2. The maximum Gasteiger partial charge on any atom is 0.287 e. The van der Waals surface area contributed by atoms with Gasteiger partial charge in [-0.05, 0) is 35.9 Å². The third kappa shape index (κ3) is 5.10. The van der Waals surface area contributed by atoms with Crippen LogP contribution in [0, 0.1) is 0 Å². The maximum atomic E-state index is 12.2. The molecular formula is C19H22N4O5. The van der Waals surface area contributed by atoms with Gasteiger partial charge < -0.3 is 24.1 Å². The minimum atomic E-state index is -0.338. The fraction of sp³-hybridized carbons (Fsp3) is 0.316. The summed E-state index contributed by atoms with van der Waals surface area (Å²) in [6.07, 6.45) is 3.15. The topological polar surface area (TPSA) is 105 Å². The molecule has 1 saturated heterocycles. The van der Waals surface area contributed by atoms with Crippen LogP contribution in [-0.4, -0.2) is 67.9 Å². The lowest BCUT2D eigenvalue weighted by Crippen LogP contribution is -2.43. The van der Waals surface area contributed by atoms with Crippen LogP contribution in [0.25, 0.3) is 0 Å². The zero-order valence-corrected chi connectivity index (χ0v) is 15.5. The van der Waals surface area contributed by atoms with Crippen LogP contribution in [0.1, 0.15) is 16.1 Å². The van der Waals surface area contributed by atoms with E-state index in [-0.39, 0.29) is 18.4 Å². The minimum Gasteiger partial charge on any atom is -0.493 e. The number of amides is 2. The molecule has 148 valence electrons. The van der Waals surface area contributed by atoms with E-state index in [4.69, 9.17) is 14.2 Å². The first-order valence-corrected chi connectivity index (χ1v) is 8.80. The zero-order chi connectivity index (χ0) is 19.8. The van der Waals surface area contributed by atoms with Gasteiger partial charge >= 0.3 is 0 Å². The molecule has 2 N–H and O–H groups in total. The Hall–Kier alpha value is -3.33. The molecular weight excluding hydrogens is 364 g/mol. The van der Waals surface area contributed by atoms with Crippen LogP contribution in [-0.2, 0) is 9.53 Å². The molecule has 0 aliphatic carbocycles. The summed E-state index contributed by atoms with van der Waals surface area (Å²) in [4.78, 5) is 28.5. The summed E-state index contributed by atoms with van der Waals surface area (Å²) in [5.41, 5.74) is 3.55. The summed E-state index contributed by atoms with van der Waals surface area (Å²) < 4.78 is 16.2. The number of aromatic amines is 1. The van der Waals surface area contributed by atoms with Gasteiger partial charge in [-0.15, -0.1) is 0 Å². The second-order valence-corrected chi connectivity index (χ2v) is 5.98. The highest BCUT2D eigenvalue weighted by Crippen LogP contribution is 2.27. The Balaban J connectivity index is 1.56. The molecule has 0 unspecified atom stereocenters. The molecule has 0 radical (unpaired) electrons. The summed E-state index contributed by atoms with van der Waals surface area (Å²) >= 11 is 0. The molecule has 9 nitrogen and oxygen atoms in total. The molecule has 1 aliphatic rings. The number of aromatic nitrogens is 1. The van der Waals surface area contributed by atoms with Crippen molar-refractivity contribution < 1.29 is 23.8 Å². The average Bonchev–Trinajstić information content (AvgIpc) is 3.28.